The van der Waals surface area contributed by atoms with E-state index in [-0.39, 0.29) is 6.67 Å². The minimum Gasteiger partial charge on any atom is -0.311 e. The molecule has 0 heterocycles. The fraction of sp³-hybridized carbons (Fsp3) is 0.833. The van der Waals surface area contributed by atoms with Gasteiger partial charge in [-0.05, 0) is 24.7 Å². The number of hydrogen-bond acceptors (Lipinski definition) is 1. The van der Waals surface area contributed by atoms with Gasteiger partial charge < -0.3 is 5.32 Å². The molecule has 1 aliphatic carbocycles. The monoisotopic (exact) mass is 199 g/mol. The number of halogens is 1. The summed E-state index contributed by atoms with van der Waals surface area (Å²) in [5.74, 6) is 0. The minimum atomic E-state index is -0.258. The lowest BCUT2D eigenvalue weighted by Gasteiger charge is -2.30. The molecular formula is C12H22FN. The van der Waals surface area contributed by atoms with Crippen LogP contribution in [-0.4, -0.2) is 19.3 Å². The number of nitrogens with one attached hydrogen (secondary N) is 1. The van der Waals surface area contributed by atoms with Crippen LogP contribution in [0.4, 0.5) is 4.39 Å². The van der Waals surface area contributed by atoms with Gasteiger partial charge in [0.2, 0.25) is 0 Å². The highest BCUT2D eigenvalue weighted by Gasteiger charge is 2.21. The standard InChI is InChI=1S/C12H22FN/c1-12(2,3)10-4-6-11(7-5-10)14-9-8-13/h4,11,14H,5-9H2,1-3H3/t11-/m0/s1. The Bertz CT molecular complexity index is 203. The van der Waals surface area contributed by atoms with Gasteiger partial charge in [-0.15, -0.1) is 0 Å². The van der Waals surface area contributed by atoms with E-state index in [9.17, 15) is 4.39 Å². The fourth-order valence-electron chi connectivity index (χ4n) is 1.96. The van der Waals surface area contributed by atoms with Gasteiger partial charge in [0, 0.05) is 12.6 Å². The zero-order chi connectivity index (χ0) is 10.6. The molecule has 0 unspecified atom stereocenters. The van der Waals surface area contributed by atoms with Crippen molar-refractivity contribution in [1.29, 1.82) is 0 Å². The molecule has 14 heavy (non-hydrogen) atoms. The smallest absolute Gasteiger partial charge is 0.102 e. The first-order chi connectivity index (χ1) is 6.54. The minimum absolute atomic E-state index is 0.258. The first-order valence-electron chi connectivity index (χ1n) is 5.53. The summed E-state index contributed by atoms with van der Waals surface area (Å²) in [4.78, 5) is 0. The predicted octanol–water partition coefficient (Wildman–Crippen LogP) is 3.07. The Labute approximate surface area is 86.8 Å². The van der Waals surface area contributed by atoms with Gasteiger partial charge in [-0.3, -0.25) is 0 Å². The molecule has 0 amide bonds. The lowest BCUT2D eigenvalue weighted by Crippen LogP contribution is -2.33. The molecule has 1 atom stereocenters. The molecule has 1 nitrogen and oxygen atoms in total. The van der Waals surface area contributed by atoms with Crippen LogP contribution in [0.2, 0.25) is 0 Å². The Balaban J connectivity index is 2.39. The molecule has 0 fully saturated rings. The van der Waals surface area contributed by atoms with Gasteiger partial charge in [-0.2, -0.15) is 0 Å². The third kappa shape index (κ3) is 3.41. The predicted molar refractivity (Wildman–Crippen MR) is 59.2 cm³/mol. The average molecular weight is 199 g/mol. The van der Waals surface area contributed by atoms with Crippen molar-refractivity contribution in [2.75, 3.05) is 13.2 Å². The summed E-state index contributed by atoms with van der Waals surface area (Å²) in [6.07, 6.45) is 5.71. The van der Waals surface area contributed by atoms with E-state index < -0.39 is 0 Å². The molecular weight excluding hydrogens is 177 g/mol. The average Bonchev–Trinajstić information content (AvgIpc) is 2.14. The third-order valence-corrected chi connectivity index (χ3v) is 2.90. The maximum atomic E-state index is 11.9. The van der Waals surface area contributed by atoms with Crippen LogP contribution in [0.15, 0.2) is 11.6 Å². The normalized spacial score (nSPS) is 23.4. The van der Waals surface area contributed by atoms with Crippen molar-refractivity contribution >= 4 is 0 Å². The first kappa shape index (κ1) is 11.7. The van der Waals surface area contributed by atoms with E-state index in [1.165, 1.54) is 0 Å². The number of rotatable bonds is 3. The molecule has 0 saturated heterocycles. The highest BCUT2D eigenvalue weighted by atomic mass is 19.1. The van der Waals surface area contributed by atoms with Crippen molar-refractivity contribution in [3.8, 4) is 0 Å². The van der Waals surface area contributed by atoms with Gasteiger partial charge in [0.05, 0.1) is 0 Å². The van der Waals surface area contributed by atoms with Gasteiger partial charge in [0.25, 0.3) is 0 Å². The molecule has 1 rings (SSSR count). The lowest BCUT2D eigenvalue weighted by atomic mass is 9.79. The zero-order valence-electron chi connectivity index (χ0n) is 9.57. The van der Waals surface area contributed by atoms with E-state index >= 15 is 0 Å². The first-order valence-corrected chi connectivity index (χ1v) is 5.53. The highest BCUT2D eigenvalue weighted by molar-refractivity contribution is 5.14. The van der Waals surface area contributed by atoms with Crippen molar-refractivity contribution in [1.82, 2.24) is 5.32 Å². The summed E-state index contributed by atoms with van der Waals surface area (Å²) in [6, 6.07) is 0.497. The van der Waals surface area contributed by atoms with Gasteiger partial charge >= 0.3 is 0 Å². The Morgan fingerprint density at radius 3 is 2.64 bits per heavy atom. The Morgan fingerprint density at radius 1 is 1.50 bits per heavy atom. The molecule has 1 N–H and O–H groups in total. The molecule has 0 aromatic rings. The molecule has 0 saturated carbocycles. The molecule has 0 aliphatic heterocycles. The van der Waals surface area contributed by atoms with E-state index in [4.69, 9.17) is 0 Å². The van der Waals surface area contributed by atoms with Gasteiger partial charge in [-0.1, -0.05) is 32.4 Å². The summed E-state index contributed by atoms with van der Waals surface area (Å²) in [7, 11) is 0. The SMILES string of the molecule is CC(C)(C)C1=CC[C@H](NCCF)CC1. The van der Waals surface area contributed by atoms with Crippen LogP contribution in [-0.2, 0) is 0 Å². The van der Waals surface area contributed by atoms with Crippen molar-refractivity contribution in [3.63, 3.8) is 0 Å². The van der Waals surface area contributed by atoms with Crippen LogP contribution in [0.3, 0.4) is 0 Å². The quantitative estimate of drug-likeness (QED) is 0.689. The van der Waals surface area contributed by atoms with Crippen LogP contribution in [0.1, 0.15) is 40.0 Å². The molecule has 1 aliphatic rings. The molecule has 0 aromatic heterocycles. The van der Waals surface area contributed by atoms with E-state index in [2.05, 4.69) is 32.2 Å². The van der Waals surface area contributed by atoms with Crippen LogP contribution >= 0.6 is 0 Å². The van der Waals surface area contributed by atoms with Crippen LogP contribution in [0.5, 0.6) is 0 Å². The molecule has 0 spiro atoms. The van der Waals surface area contributed by atoms with Crippen molar-refractivity contribution in [3.05, 3.63) is 11.6 Å². The van der Waals surface area contributed by atoms with Gasteiger partial charge in [-0.25, -0.2) is 4.39 Å². The Hall–Kier alpha value is -0.370. The molecule has 0 aromatic carbocycles. The summed E-state index contributed by atoms with van der Waals surface area (Å²) >= 11 is 0. The molecule has 0 radical (unpaired) electrons. The molecule has 2 heteroatoms. The van der Waals surface area contributed by atoms with E-state index in [0.717, 1.165) is 19.3 Å². The van der Waals surface area contributed by atoms with Gasteiger partial charge in [0.1, 0.15) is 6.67 Å². The topological polar surface area (TPSA) is 12.0 Å². The van der Waals surface area contributed by atoms with Crippen molar-refractivity contribution in [2.24, 2.45) is 5.41 Å². The van der Waals surface area contributed by atoms with Crippen molar-refractivity contribution < 1.29 is 4.39 Å². The van der Waals surface area contributed by atoms with Crippen molar-refractivity contribution in [2.45, 2.75) is 46.1 Å². The number of alkyl halides is 1. The van der Waals surface area contributed by atoms with Crippen LogP contribution in [0.25, 0.3) is 0 Å². The Morgan fingerprint density at radius 2 is 2.21 bits per heavy atom. The van der Waals surface area contributed by atoms with Gasteiger partial charge in [0.15, 0.2) is 0 Å². The second kappa shape index (κ2) is 4.92. The highest BCUT2D eigenvalue weighted by Crippen LogP contribution is 2.32. The maximum absolute atomic E-state index is 11.9. The number of hydrogen-bond donors (Lipinski definition) is 1. The van der Waals surface area contributed by atoms with Crippen LogP contribution < -0.4 is 5.32 Å². The maximum Gasteiger partial charge on any atom is 0.102 e. The molecule has 82 valence electrons. The summed E-state index contributed by atoms with van der Waals surface area (Å²) in [5, 5.41) is 3.22. The molecule has 0 bridgehead atoms. The largest absolute Gasteiger partial charge is 0.311 e. The lowest BCUT2D eigenvalue weighted by molar-refractivity contribution is 0.386. The third-order valence-electron chi connectivity index (χ3n) is 2.90. The summed E-state index contributed by atoms with van der Waals surface area (Å²) in [5.41, 5.74) is 1.86. The second-order valence-electron chi connectivity index (χ2n) is 5.09. The zero-order valence-corrected chi connectivity index (χ0v) is 9.57. The second-order valence-corrected chi connectivity index (χ2v) is 5.09. The Kier molecular flexibility index (Phi) is 4.11. The van der Waals surface area contributed by atoms with E-state index in [0.29, 0.717) is 18.0 Å². The summed E-state index contributed by atoms with van der Waals surface area (Å²) < 4.78 is 11.9. The summed E-state index contributed by atoms with van der Waals surface area (Å²) in [6.45, 7) is 7.02. The van der Waals surface area contributed by atoms with Crippen LogP contribution in [0, 0.1) is 5.41 Å². The van der Waals surface area contributed by atoms with E-state index in [1.807, 2.05) is 0 Å². The number of allylic oxidation sites excluding steroid dienone is 1. The van der Waals surface area contributed by atoms with E-state index in [1.54, 1.807) is 5.57 Å². The fourth-order valence-corrected chi connectivity index (χ4v) is 1.96.